The van der Waals surface area contributed by atoms with E-state index < -0.39 is 20.2 Å². The molecule has 0 amide bonds. The minimum atomic E-state index is -4.65. The normalized spacial score (nSPS) is 12.9. The molecule has 3 aromatic heterocycles. The molecule has 0 radical (unpaired) electrons. The number of fused-ring (bicyclic) bond motifs is 1. The van der Waals surface area contributed by atoms with E-state index in [-0.39, 0.29) is 42.2 Å². The van der Waals surface area contributed by atoms with Crippen LogP contribution in [0.15, 0.2) is 21.8 Å². The minimum absolute atomic E-state index is 0.0112. The number of imidazole rings is 1. The molecule has 0 N–H and O–H groups in total. The fraction of sp³-hybridized carbons (Fsp3) is 0.100. The summed E-state index contributed by atoms with van der Waals surface area (Å²) in [4.78, 5) is 3.70. The highest BCUT2D eigenvalue weighted by atomic mass is 79.9. The van der Waals surface area contributed by atoms with Gasteiger partial charge in [0.25, 0.3) is 9.05 Å². The van der Waals surface area contributed by atoms with Gasteiger partial charge in [0, 0.05) is 16.9 Å². The van der Waals surface area contributed by atoms with Crippen LogP contribution in [0.1, 0.15) is 5.01 Å². The third-order valence-corrected chi connectivity index (χ3v) is 5.89. The van der Waals surface area contributed by atoms with Crippen LogP contribution in [0.4, 0.5) is 13.2 Å². The SMILES string of the molecule is O=S(=O)(Cl)c1cc(Cl)c2c(Br)nc(-c3nnc(C(F)(F)F)s3)n2c1. The molecule has 24 heavy (non-hydrogen) atoms. The monoisotopic (exact) mass is 480 g/mol. The Hall–Kier alpha value is -0.950. The topological polar surface area (TPSA) is 77.2 Å². The second-order valence-electron chi connectivity index (χ2n) is 4.32. The summed E-state index contributed by atoms with van der Waals surface area (Å²) in [6, 6.07) is 1.11. The van der Waals surface area contributed by atoms with Crippen LogP contribution >= 0.6 is 49.6 Å². The first-order chi connectivity index (χ1) is 11.0. The summed E-state index contributed by atoms with van der Waals surface area (Å²) in [7, 11) is 1.18. The van der Waals surface area contributed by atoms with Crippen molar-refractivity contribution in [3.05, 3.63) is 26.9 Å². The quantitative estimate of drug-likeness (QED) is 0.512. The highest BCUT2D eigenvalue weighted by Gasteiger charge is 2.36. The Morgan fingerprint density at radius 2 is 1.96 bits per heavy atom. The first-order valence-corrected chi connectivity index (χ1v) is 10.0. The van der Waals surface area contributed by atoms with E-state index in [0.29, 0.717) is 0 Å². The zero-order valence-electron chi connectivity index (χ0n) is 10.8. The lowest BCUT2D eigenvalue weighted by Crippen LogP contribution is -2.03. The molecular weight excluding hydrogens is 480 g/mol. The summed E-state index contributed by atoms with van der Waals surface area (Å²) in [5.74, 6) is -0.0612. The zero-order chi connectivity index (χ0) is 17.9. The van der Waals surface area contributed by atoms with E-state index >= 15 is 0 Å². The molecule has 0 aliphatic heterocycles. The molecule has 3 heterocycles. The van der Waals surface area contributed by atoms with Crippen molar-refractivity contribution in [2.24, 2.45) is 0 Å². The summed E-state index contributed by atoms with van der Waals surface area (Å²) < 4.78 is 62.4. The molecule has 0 saturated heterocycles. The standard InChI is InChI=1S/C10H2BrCl2F3N4O2S2/c11-6-5-4(12)1-3(24(13,21)22)2-20(5)7(17-6)8-18-19-9(23-8)10(14,15)16/h1-2H. The summed E-state index contributed by atoms with van der Waals surface area (Å²) in [5.41, 5.74) is 0.250. The fourth-order valence-electron chi connectivity index (χ4n) is 1.81. The van der Waals surface area contributed by atoms with Crippen molar-refractivity contribution in [3.63, 3.8) is 0 Å². The van der Waals surface area contributed by atoms with Gasteiger partial charge in [0.05, 0.1) is 10.5 Å². The number of rotatable bonds is 2. The van der Waals surface area contributed by atoms with E-state index in [0.717, 1.165) is 12.3 Å². The van der Waals surface area contributed by atoms with Crippen LogP contribution in [-0.2, 0) is 15.2 Å². The van der Waals surface area contributed by atoms with Gasteiger partial charge < -0.3 is 0 Å². The first kappa shape index (κ1) is 17.9. The lowest BCUT2D eigenvalue weighted by Gasteiger charge is -2.03. The van der Waals surface area contributed by atoms with Gasteiger partial charge >= 0.3 is 6.18 Å². The van der Waals surface area contributed by atoms with Crippen LogP contribution in [0.25, 0.3) is 16.3 Å². The van der Waals surface area contributed by atoms with Crippen LogP contribution in [0, 0.1) is 0 Å². The van der Waals surface area contributed by atoms with Gasteiger partial charge in [-0.1, -0.05) is 22.9 Å². The number of alkyl halides is 3. The molecule has 0 aliphatic rings. The molecule has 0 aliphatic carbocycles. The van der Waals surface area contributed by atoms with Gasteiger partial charge in [-0.3, -0.25) is 4.40 Å². The summed E-state index contributed by atoms with van der Waals surface area (Å²) in [6.45, 7) is 0. The minimum Gasteiger partial charge on any atom is -0.294 e. The predicted octanol–water partition coefficient (Wildman–Crippen LogP) is 4.22. The Morgan fingerprint density at radius 3 is 2.50 bits per heavy atom. The second kappa shape index (κ2) is 5.80. The highest BCUT2D eigenvalue weighted by molar-refractivity contribution is 9.10. The maximum Gasteiger partial charge on any atom is 0.445 e. The van der Waals surface area contributed by atoms with E-state index in [1.54, 1.807) is 0 Å². The van der Waals surface area contributed by atoms with Gasteiger partial charge in [-0.15, -0.1) is 10.2 Å². The van der Waals surface area contributed by atoms with Crippen LogP contribution in [0.3, 0.4) is 0 Å². The van der Waals surface area contributed by atoms with E-state index in [1.165, 1.54) is 4.40 Å². The largest absolute Gasteiger partial charge is 0.445 e. The van der Waals surface area contributed by atoms with Crippen molar-refractivity contribution in [3.8, 4) is 10.8 Å². The third-order valence-electron chi connectivity index (χ3n) is 2.76. The Balaban J connectivity index is 2.29. The molecule has 0 bridgehead atoms. The van der Waals surface area contributed by atoms with Gasteiger partial charge in [0.2, 0.25) is 5.01 Å². The second-order valence-corrected chi connectivity index (χ2v) is 9.02. The molecule has 3 rings (SSSR count). The molecule has 0 aromatic carbocycles. The van der Waals surface area contributed by atoms with Crippen molar-refractivity contribution >= 4 is 64.1 Å². The number of nitrogens with zero attached hydrogens (tertiary/aromatic N) is 4. The molecule has 6 nitrogen and oxygen atoms in total. The van der Waals surface area contributed by atoms with Crippen molar-refractivity contribution in [1.82, 2.24) is 19.6 Å². The fourth-order valence-corrected chi connectivity index (χ4v) is 4.30. The van der Waals surface area contributed by atoms with Crippen LogP contribution in [0.5, 0.6) is 0 Å². The van der Waals surface area contributed by atoms with Crippen molar-refractivity contribution < 1.29 is 21.6 Å². The van der Waals surface area contributed by atoms with Crippen LogP contribution in [0.2, 0.25) is 5.02 Å². The maximum absolute atomic E-state index is 12.7. The van der Waals surface area contributed by atoms with Gasteiger partial charge in [0.15, 0.2) is 10.8 Å². The lowest BCUT2D eigenvalue weighted by molar-refractivity contribution is -0.138. The summed E-state index contributed by atoms with van der Waals surface area (Å²) >= 11 is 9.41. The zero-order valence-corrected chi connectivity index (χ0v) is 15.6. The van der Waals surface area contributed by atoms with Gasteiger partial charge in [-0.25, -0.2) is 13.4 Å². The molecule has 14 heteroatoms. The maximum atomic E-state index is 12.7. The highest BCUT2D eigenvalue weighted by Crippen LogP contribution is 2.37. The number of aromatic nitrogens is 4. The number of halogens is 6. The third kappa shape index (κ3) is 3.12. The van der Waals surface area contributed by atoms with E-state index in [1.807, 2.05) is 0 Å². The Kier molecular flexibility index (Phi) is 4.31. The molecule has 0 fully saturated rings. The van der Waals surface area contributed by atoms with E-state index in [9.17, 15) is 21.6 Å². The molecule has 0 saturated carbocycles. The molecule has 3 aromatic rings. The molecule has 0 spiro atoms. The summed E-state index contributed by atoms with van der Waals surface area (Å²) in [5, 5.41) is 5.20. The molecule has 0 atom stereocenters. The van der Waals surface area contributed by atoms with Crippen LogP contribution < -0.4 is 0 Å². The van der Waals surface area contributed by atoms with Crippen molar-refractivity contribution in [1.29, 1.82) is 0 Å². The molecule has 0 unspecified atom stereocenters. The van der Waals surface area contributed by atoms with Crippen LogP contribution in [-0.4, -0.2) is 28.0 Å². The smallest absolute Gasteiger partial charge is 0.294 e. The predicted molar refractivity (Wildman–Crippen MR) is 84.8 cm³/mol. The summed E-state index contributed by atoms with van der Waals surface area (Å²) in [6.07, 6.45) is -3.56. The van der Waals surface area contributed by atoms with Gasteiger partial charge in [-0.05, 0) is 22.0 Å². The van der Waals surface area contributed by atoms with Gasteiger partial charge in [0.1, 0.15) is 9.50 Å². The lowest BCUT2D eigenvalue weighted by atomic mass is 10.4. The molecule has 128 valence electrons. The Bertz CT molecular complexity index is 1060. The first-order valence-electron chi connectivity index (χ1n) is 5.71. The average molecular weight is 482 g/mol. The van der Waals surface area contributed by atoms with Gasteiger partial charge in [-0.2, -0.15) is 13.2 Å². The van der Waals surface area contributed by atoms with E-state index in [4.69, 9.17) is 22.3 Å². The molecular formula is C10H2BrCl2F3N4O2S2. The Morgan fingerprint density at radius 1 is 1.29 bits per heavy atom. The van der Waals surface area contributed by atoms with Crippen molar-refractivity contribution in [2.45, 2.75) is 11.1 Å². The number of pyridine rings is 1. The average Bonchev–Trinajstić information content (AvgIpc) is 3.02. The number of hydrogen-bond donors (Lipinski definition) is 0. The number of hydrogen-bond acceptors (Lipinski definition) is 6. The van der Waals surface area contributed by atoms with E-state index in [2.05, 4.69) is 31.1 Å². The van der Waals surface area contributed by atoms with Crippen molar-refractivity contribution in [2.75, 3.05) is 0 Å². The Labute approximate surface area is 153 Å².